The van der Waals surface area contributed by atoms with E-state index in [1.807, 2.05) is 19.1 Å². The van der Waals surface area contributed by atoms with Crippen LogP contribution < -0.4 is 4.74 Å². The summed E-state index contributed by atoms with van der Waals surface area (Å²) >= 11 is 0. The van der Waals surface area contributed by atoms with Crippen molar-refractivity contribution in [1.29, 1.82) is 0 Å². The zero-order valence-electron chi connectivity index (χ0n) is 20.8. The number of aromatic nitrogens is 4. The third kappa shape index (κ3) is 6.10. The third-order valence-corrected chi connectivity index (χ3v) is 6.73. The van der Waals surface area contributed by atoms with Gasteiger partial charge in [0.25, 0.3) is 0 Å². The van der Waals surface area contributed by atoms with Gasteiger partial charge in [-0.05, 0) is 57.1 Å². The summed E-state index contributed by atoms with van der Waals surface area (Å²) < 4.78 is 13.3. The number of ether oxygens (including phenoxy) is 2. The zero-order valence-corrected chi connectivity index (χ0v) is 20.8. The molecule has 0 aromatic carbocycles. The highest BCUT2D eigenvalue weighted by atomic mass is 16.6. The lowest BCUT2D eigenvalue weighted by molar-refractivity contribution is -0.143. The van der Waals surface area contributed by atoms with E-state index in [0.717, 1.165) is 55.7 Å². The lowest BCUT2D eigenvalue weighted by Gasteiger charge is -2.28. The summed E-state index contributed by atoms with van der Waals surface area (Å²) in [6.07, 6.45) is 6.33. The van der Waals surface area contributed by atoms with Crippen LogP contribution in [0.3, 0.4) is 0 Å². The molecule has 1 N–H and O–H groups in total. The summed E-state index contributed by atoms with van der Waals surface area (Å²) in [6, 6.07) is 3.79. The number of carboxylic acids is 1. The van der Waals surface area contributed by atoms with E-state index in [4.69, 9.17) is 14.5 Å². The molecule has 0 unspecified atom stereocenters. The van der Waals surface area contributed by atoms with Crippen LogP contribution in [0.25, 0.3) is 11.4 Å². The number of amides is 1. The average Bonchev–Trinajstić information content (AvgIpc) is 3.63. The molecule has 2 fully saturated rings. The summed E-state index contributed by atoms with van der Waals surface area (Å²) in [5, 5.41) is 17.9. The first-order valence-corrected chi connectivity index (χ1v) is 12.5. The molecule has 35 heavy (non-hydrogen) atoms. The Morgan fingerprint density at radius 1 is 1.23 bits per heavy atom. The molecule has 0 saturated heterocycles. The van der Waals surface area contributed by atoms with Gasteiger partial charge < -0.3 is 19.5 Å². The van der Waals surface area contributed by atoms with Gasteiger partial charge in [0.15, 0.2) is 0 Å². The van der Waals surface area contributed by atoms with E-state index >= 15 is 0 Å². The molecule has 190 valence electrons. The third-order valence-electron chi connectivity index (χ3n) is 6.73. The molecule has 2 heterocycles. The van der Waals surface area contributed by atoms with Gasteiger partial charge in [-0.3, -0.25) is 4.79 Å². The minimum atomic E-state index is -0.747. The number of unbranched alkanes of at least 4 members (excludes halogenated alkanes) is 1. The lowest BCUT2D eigenvalue weighted by atomic mass is 9.87. The van der Waals surface area contributed by atoms with Crippen LogP contribution >= 0.6 is 0 Å². The van der Waals surface area contributed by atoms with Gasteiger partial charge >= 0.3 is 12.1 Å². The molecule has 4 rings (SSSR count). The topological polar surface area (TPSA) is 120 Å². The number of aliphatic carboxylic acids is 1. The van der Waals surface area contributed by atoms with E-state index in [1.54, 1.807) is 18.8 Å². The first kappa shape index (κ1) is 24.9. The van der Waals surface area contributed by atoms with Crippen LogP contribution in [0.15, 0.2) is 12.1 Å². The van der Waals surface area contributed by atoms with E-state index < -0.39 is 5.97 Å². The number of rotatable bonds is 10. The maximum absolute atomic E-state index is 12.3. The lowest BCUT2D eigenvalue weighted by Crippen LogP contribution is -2.29. The molecular formula is C25H35N5O5. The van der Waals surface area contributed by atoms with Crippen molar-refractivity contribution in [3.63, 3.8) is 0 Å². The molecule has 2 aromatic heterocycles. The Hall–Kier alpha value is -3.17. The van der Waals surface area contributed by atoms with Crippen molar-refractivity contribution >= 4 is 12.1 Å². The molecule has 10 nitrogen and oxygen atoms in total. The normalized spacial score (nSPS) is 19.9. The van der Waals surface area contributed by atoms with Gasteiger partial charge in [-0.1, -0.05) is 18.6 Å². The number of carbonyl (C=O) groups is 2. The smallest absolute Gasteiger partial charge is 0.409 e. The Morgan fingerprint density at radius 3 is 2.74 bits per heavy atom. The number of nitrogens with zero attached hydrogens (tertiary/aromatic N) is 5. The van der Waals surface area contributed by atoms with E-state index in [9.17, 15) is 14.7 Å². The Balaban J connectivity index is 1.52. The van der Waals surface area contributed by atoms with Gasteiger partial charge in [-0.25, -0.2) is 14.5 Å². The first-order valence-electron chi connectivity index (χ1n) is 12.5. The van der Waals surface area contributed by atoms with Crippen molar-refractivity contribution in [3.05, 3.63) is 23.5 Å². The highest BCUT2D eigenvalue weighted by Crippen LogP contribution is 2.44. The maximum atomic E-state index is 12.3. The Bertz CT molecular complexity index is 1050. The van der Waals surface area contributed by atoms with Crippen LogP contribution in [0.4, 0.5) is 4.79 Å². The van der Waals surface area contributed by atoms with Crippen LogP contribution in [0.1, 0.15) is 75.6 Å². The number of hydrogen-bond donors (Lipinski definition) is 1. The second kappa shape index (κ2) is 11.0. The number of hydrogen-bond acceptors (Lipinski definition) is 7. The van der Waals surface area contributed by atoms with Crippen LogP contribution in [0.5, 0.6) is 5.75 Å². The Morgan fingerprint density at radius 2 is 2.03 bits per heavy atom. The molecule has 2 saturated carbocycles. The van der Waals surface area contributed by atoms with Crippen LogP contribution in [0, 0.1) is 5.92 Å². The number of aryl methyl sites for hydroxylation is 1. The van der Waals surface area contributed by atoms with Crippen molar-refractivity contribution in [2.24, 2.45) is 13.0 Å². The van der Waals surface area contributed by atoms with E-state index in [1.165, 1.54) is 4.90 Å². The average molecular weight is 486 g/mol. The van der Waals surface area contributed by atoms with Gasteiger partial charge in [0.05, 0.1) is 42.3 Å². The molecule has 2 aliphatic rings. The number of pyridine rings is 1. The SMILES string of the molecule is CCCCOC(=O)N(C)Cc1c(-c2ccc(O[C@H]3CCC[C@H](C(=O)O)C3)c(C3CC3)n2)nnn1C. The fraction of sp³-hybridized carbons (Fsp3) is 0.640. The molecule has 2 aliphatic carbocycles. The van der Waals surface area contributed by atoms with Gasteiger partial charge in [-0.15, -0.1) is 5.10 Å². The van der Waals surface area contributed by atoms with Crippen molar-refractivity contribution in [2.45, 2.75) is 76.9 Å². The maximum Gasteiger partial charge on any atom is 0.409 e. The fourth-order valence-corrected chi connectivity index (χ4v) is 4.46. The van der Waals surface area contributed by atoms with E-state index in [-0.39, 0.29) is 18.1 Å². The molecule has 0 aliphatic heterocycles. The number of carboxylic acid groups (broad SMARTS) is 1. The van der Waals surface area contributed by atoms with E-state index in [2.05, 4.69) is 10.3 Å². The quantitative estimate of drug-likeness (QED) is 0.499. The Kier molecular flexibility index (Phi) is 7.87. The molecule has 2 aromatic rings. The minimum Gasteiger partial charge on any atom is -0.488 e. The second-order valence-electron chi connectivity index (χ2n) is 9.63. The molecule has 10 heteroatoms. The molecule has 0 spiro atoms. The predicted molar refractivity (Wildman–Crippen MR) is 128 cm³/mol. The fourth-order valence-electron chi connectivity index (χ4n) is 4.46. The molecule has 1 amide bonds. The van der Waals surface area contributed by atoms with Crippen molar-refractivity contribution in [1.82, 2.24) is 24.9 Å². The molecule has 2 atom stereocenters. The van der Waals surface area contributed by atoms with Crippen molar-refractivity contribution in [3.8, 4) is 17.1 Å². The van der Waals surface area contributed by atoms with E-state index in [0.29, 0.717) is 43.3 Å². The van der Waals surface area contributed by atoms with Crippen LogP contribution in [-0.2, 0) is 23.1 Å². The second-order valence-corrected chi connectivity index (χ2v) is 9.63. The largest absolute Gasteiger partial charge is 0.488 e. The monoisotopic (exact) mass is 485 g/mol. The molecule has 0 bridgehead atoms. The summed E-state index contributed by atoms with van der Waals surface area (Å²) in [5.74, 6) is -0.0313. The predicted octanol–water partition coefficient (Wildman–Crippen LogP) is 4.15. The van der Waals surface area contributed by atoms with Crippen LogP contribution in [0.2, 0.25) is 0 Å². The number of carbonyl (C=O) groups excluding carboxylic acids is 1. The van der Waals surface area contributed by atoms with Crippen molar-refractivity contribution < 1.29 is 24.2 Å². The standard InChI is InChI=1S/C25H35N5O5/c1-4-5-13-34-25(33)29(2)15-20-23(27-28-30(20)3)19-11-12-21(22(26-19)16-9-10-16)35-18-8-6-7-17(14-18)24(31)32/h11-12,16-18H,4-10,13-15H2,1-3H3,(H,31,32)/t17-,18-/m0/s1. The molecular weight excluding hydrogens is 450 g/mol. The summed E-state index contributed by atoms with van der Waals surface area (Å²) in [5.41, 5.74) is 2.96. The summed E-state index contributed by atoms with van der Waals surface area (Å²) in [7, 11) is 3.49. The van der Waals surface area contributed by atoms with Crippen LogP contribution in [-0.4, -0.2) is 61.8 Å². The van der Waals surface area contributed by atoms with Gasteiger partial charge in [0, 0.05) is 20.0 Å². The molecule has 0 radical (unpaired) electrons. The highest BCUT2D eigenvalue weighted by molar-refractivity contribution is 5.70. The zero-order chi connectivity index (χ0) is 24.9. The highest BCUT2D eigenvalue weighted by Gasteiger charge is 2.33. The van der Waals surface area contributed by atoms with Gasteiger partial charge in [0.1, 0.15) is 11.4 Å². The Labute approximate surface area is 205 Å². The van der Waals surface area contributed by atoms with Crippen molar-refractivity contribution in [2.75, 3.05) is 13.7 Å². The first-order chi connectivity index (χ1) is 16.9. The summed E-state index contributed by atoms with van der Waals surface area (Å²) in [4.78, 5) is 30.2. The van der Waals surface area contributed by atoms with Gasteiger partial charge in [-0.2, -0.15) is 0 Å². The minimum absolute atomic E-state index is 0.116. The van der Waals surface area contributed by atoms with Gasteiger partial charge in [0.2, 0.25) is 0 Å². The summed E-state index contributed by atoms with van der Waals surface area (Å²) in [6.45, 7) is 2.74.